The van der Waals surface area contributed by atoms with E-state index in [9.17, 15) is 0 Å². The SMILES string of the molecule is CC1=CCNC(CCN=C(N)N)C1. The zero-order valence-corrected chi connectivity index (χ0v) is 8.09. The van der Waals surface area contributed by atoms with Crippen molar-refractivity contribution in [3.63, 3.8) is 0 Å². The Hall–Kier alpha value is -1.03. The van der Waals surface area contributed by atoms with Crippen molar-refractivity contribution in [1.29, 1.82) is 0 Å². The van der Waals surface area contributed by atoms with Crippen LogP contribution in [0.25, 0.3) is 0 Å². The summed E-state index contributed by atoms with van der Waals surface area (Å²) in [4.78, 5) is 3.96. The average Bonchev–Trinajstić information content (AvgIpc) is 2.03. The lowest BCUT2D eigenvalue weighted by atomic mass is 10.0. The van der Waals surface area contributed by atoms with E-state index in [-0.39, 0.29) is 5.96 Å². The van der Waals surface area contributed by atoms with Gasteiger partial charge in [0.2, 0.25) is 0 Å². The Kier molecular flexibility index (Phi) is 3.76. The highest BCUT2D eigenvalue weighted by Crippen LogP contribution is 2.11. The molecule has 1 atom stereocenters. The van der Waals surface area contributed by atoms with Gasteiger partial charge in [0.25, 0.3) is 0 Å². The predicted molar refractivity (Wildman–Crippen MR) is 55.5 cm³/mol. The summed E-state index contributed by atoms with van der Waals surface area (Å²) in [5.41, 5.74) is 11.9. The molecule has 0 aromatic heterocycles. The second kappa shape index (κ2) is 4.87. The Morgan fingerprint density at radius 2 is 2.46 bits per heavy atom. The van der Waals surface area contributed by atoms with Gasteiger partial charge in [0, 0.05) is 19.1 Å². The largest absolute Gasteiger partial charge is 0.370 e. The molecule has 0 amide bonds. The van der Waals surface area contributed by atoms with Gasteiger partial charge < -0.3 is 16.8 Å². The summed E-state index contributed by atoms with van der Waals surface area (Å²) in [6, 6.07) is 0.535. The van der Waals surface area contributed by atoms with Gasteiger partial charge in [0.15, 0.2) is 5.96 Å². The molecule has 1 unspecified atom stereocenters. The van der Waals surface area contributed by atoms with Crippen LogP contribution in [0.4, 0.5) is 0 Å². The summed E-state index contributed by atoms with van der Waals surface area (Å²) in [7, 11) is 0. The van der Waals surface area contributed by atoms with Crippen LogP contribution >= 0.6 is 0 Å². The fraction of sp³-hybridized carbons (Fsp3) is 0.667. The molecule has 0 saturated carbocycles. The molecule has 0 radical (unpaired) electrons. The quantitative estimate of drug-likeness (QED) is 0.325. The number of hydrogen-bond donors (Lipinski definition) is 3. The van der Waals surface area contributed by atoms with Crippen molar-refractivity contribution >= 4 is 5.96 Å². The number of nitrogens with one attached hydrogen (secondary N) is 1. The van der Waals surface area contributed by atoms with Gasteiger partial charge >= 0.3 is 0 Å². The standard InChI is InChI=1S/C9H18N4/c1-7-2-4-12-8(6-7)3-5-13-9(10)11/h2,8,12H,3-6H2,1H3,(H4,10,11,13). The lowest BCUT2D eigenvalue weighted by molar-refractivity contribution is 0.487. The highest BCUT2D eigenvalue weighted by molar-refractivity contribution is 5.75. The Balaban J connectivity index is 2.23. The number of nitrogens with zero attached hydrogens (tertiary/aromatic N) is 1. The van der Waals surface area contributed by atoms with Crippen LogP contribution in [-0.2, 0) is 0 Å². The Morgan fingerprint density at radius 3 is 3.08 bits per heavy atom. The molecule has 0 aromatic rings. The second-order valence-corrected chi connectivity index (χ2v) is 3.46. The number of nitrogens with two attached hydrogens (primary N) is 2. The molecular weight excluding hydrogens is 164 g/mol. The molecule has 1 aliphatic rings. The lowest BCUT2D eigenvalue weighted by Gasteiger charge is -2.21. The van der Waals surface area contributed by atoms with Gasteiger partial charge in [-0.1, -0.05) is 11.6 Å². The van der Waals surface area contributed by atoms with Crippen LogP contribution in [-0.4, -0.2) is 25.1 Å². The van der Waals surface area contributed by atoms with Crippen molar-refractivity contribution < 1.29 is 0 Å². The van der Waals surface area contributed by atoms with Crippen LogP contribution in [0.1, 0.15) is 19.8 Å². The second-order valence-electron chi connectivity index (χ2n) is 3.46. The van der Waals surface area contributed by atoms with E-state index in [1.54, 1.807) is 0 Å². The molecule has 0 bridgehead atoms. The highest BCUT2D eigenvalue weighted by Gasteiger charge is 2.11. The molecular formula is C9H18N4. The van der Waals surface area contributed by atoms with E-state index in [1.165, 1.54) is 5.57 Å². The molecule has 13 heavy (non-hydrogen) atoms. The number of guanidine groups is 1. The molecule has 1 aliphatic heterocycles. The van der Waals surface area contributed by atoms with E-state index in [4.69, 9.17) is 11.5 Å². The molecule has 0 fully saturated rings. The van der Waals surface area contributed by atoms with Gasteiger partial charge in [-0.25, -0.2) is 0 Å². The number of rotatable bonds is 3. The molecule has 5 N–H and O–H groups in total. The van der Waals surface area contributed by atoms with Gasteiger partial charge in [-0.05, 0) is 19.8 Å². The third kappa shape index (κ3) is 3.94. The molecule has 0 saturated heterocycles. The first-order valence-corrected chi connectivity index (χ1v) is 4.63. The van der Waals surface area contributed by atoms with Crippen LogP contribution in [0.15, 0.2) is 16.6 Å². The van der Waals surface area contributed by atoms with Gasteiger partial charge in [0.05, 0.1) is 0 Å². The molecule has 1 rings (SSSR count). The minimum absolute atomic E-state index is 0.183. The summed E-state index contributed by atoms with van der Waals surface area (Å²) >= 11 is 0. The number of aliphatic imine (C=N–C) groups is 1. The zero-order valence-electron chi connectivity index (χ0n) is 8.09. The van der Waals surface area contributed by atoms with E-state index < -0.39 is 0 Å². The van der Waals surface area contributed by atoms with Crippen LogP contribution < -0.4 is 16.8 Å². The average molecular weight is 182 g/mol. The fourth-order valence-corrected chi connectivity index (χ4v) is 1.50. The fourth-order valence-electron chi connectivity index (χ4n) is 1.50. The first-order valence-electron chi connectivity index (χ1n) is 4.63. The Labute approximate surface area is 79.1 Å². The minimum Gasteiger partial charge on any atom is -0.370 e. The maximum absolute atomic E-state index is 5.23. The predicted octanol–water partition coefficient (Wildman–Crippen LogP) is -0.0419. The maximum Gasteiger partial charge on any atom is 0.185 e. The molecule has 0 spiro atoms. The van der Waals surface area contributed by atoms with Gasteiger partial charge in [-0.3, -0.25) is 4.99 Å². The summed E-state index contributed by atoms with van der Waals surface area (Å²) in [6.45, 7) is 3.85. The first kappa shape index (κ1) is 10.1. The topological polar surface area (TPSA) is 76.4 Å². The molecule has 4 heteroatoms. The Bertz CT molecular complexity index is 216. The van der Waals surface area contributed by atoms with E-state index in [0.717, 1.165) is 19.4 Å². The van der Waals surface area contributed by atoms with E-state index in [0.29, 0.717) is 12.6 Å². The summed E-state index contributed by atoms with van der Waals surface area (Å²) in [5.74, 6) is 0.183. The lowest BCUT2D eigenvalue weighted by Crippen LogP contribution is -2.33. The minimum atomic E-state index is 0.183. The van der Waals surface area contributed by atoms with Gasteiger partial charge in [-0.2, -0.15) is 0 Å². The van der Waals surface area contributed by atoms with E-state index in [1.807, 2.05) is 0 Å². The molecule has 74 valence electrons. The monoisotopic (exact) mass is 182 g/mol. The third-order valence-corrected chi connectivity index (χ3v) is 2.20. The number of hydrogen-bond acceptors (Lipinski definition) is 2. The maximum atomic E-state index is 5.23. The van der Waals surface area contributed by atoms with Crippen LogP contribution in [0.2, 0.25) is 0 Å². The van der Waals surface area contributed by atoms with Crippen molar-refractivity contribution in [3.05, 3.63) is 11.6 Å². The summed E-state index contributed by atoms with van der Waals surface area (Å²) in [5, 5.41) is 3.40. The van der Waals surface area contributed by atoms with Crippen LogP contribution in [0, 0.1) is 0 Å². The third-order valence-electron chi connectivity index (χ3n) is 2.20. The summed E-state index contributed by atoms with van der Waals surface area (Å²) in [6.07, 6.45) is 4.33. The van der Waals surface area contributed by atoms with E-state index in [2.05, 4.69) is 23.3 Å². The van der Waals surface area contributed by atoms with Gasteiger partial charge in [0.1, 0.15) is 0 Å². The first-order chi connectivity index (χ1) is 6.18. The Morgan fingerprint density at radius 1 is 1.69 bits per heavy atom. The van der Waals surface area contributed by atoms with Gasteiger partial charge in [-0.15, -0.1) is 0 Å². The van der Waals surface area contributed by atoms with E-state index >= 15 is 0 Å². The highest BCUT2D eigenvalue weighted by atomic mass is 15.0. The van der Waals surface area contributed by atoms with Crippen LogP contribution in [0.5, 0.6) is 0 Å². The van der Waals surface area contributed by atoms with Crippen molar-refractivity contribution in [2.24, 2.45) is 16.5 Å². The van der Waals surface area contributed by atoms with Crippen molar-refractivity contribution in [2.45, 2.75) is 25.8 Å². The molecule has 1 heterocycles. The van der Waals surface area contributed by atoms with Crippen molar-refractivity contribution in [2.75, 3.05) is 13.1 Å². The molecule has 4 nitrogen and oxygen atoms in total. The molecule has 0 aliphatic carbocycles. The zero-order chi connectivity index (χ0) is 9.68. The van der Waals surface area contributed by atoms with Crippen molar-refractivity contribution in [1.82, 2.24) is 5.32 Å². The normalized spacial score (nSPS) is 22.2. The van der Waals surface area contributed by atoms with Crippen molar-refractivity contribution in [3.8, 4) is 0 Å². The smallest absolute Gasteiger partial charge is 0.185 e. The van der Waals surface area contributed by atoms with Crippen LogP contribution in [0.3, 0.4) is 0 Å². The summed E-state index contributed by atoms with van der Waals surface area (Å²) < 4.78 is 0. The molecule has 0 aromatic carbocycles.